The van der Waals surface area contributed by atoms with Gasteiger partial charge in [-0.2, -0.15) is 0 Å². The molecule has 0 aliphatic heterocycles. The van der Waals surface area contributed by atoms with Crippen LogP contribution in [0.25, 0.3) is 22.0 Å². The second-order valence-corrected chi connectivity index (χ2v) is 9.07. The summed E-state index contributed by atoms with van der Waals surface area (Å²) in [4.78, 5) is 29.4. The molecule has 1 atom stereocenters. The van der Waals surface area contributed by atoms with Crippen molar-refractivity contribution >= 4 is 46.0 Å². The van der Waals surface area contributed by atoms with Crippen LogP contribution in [-0.4, -0.2) is 35.1 Å². The minimum atomic E-state index is -1.34. The molecule has 2 N–H and O–H groups in total. The zero-order chi connectivity index (χ0) is 26.9. The van der Waals surface area contributed by atoms with E-state index in [0.717, 1.165) is 17.7 Å². The monoisotopic (exact) mass is 544 g/mol. The van der Waals surface area contributed by atoms with Crippen LogP contribution in [0.1, 0.15) is 21.5 Å². The molecule has 1 heterocycles. The third kappa shape index (κ3) is 5.21. The number of ether oxygens (including phenoxy) is 1. The number of halogens is 4. The molecular weight excluding hydrogens is 525 g/mol. The van der Waals surface area contributed by atoms with Crippen LogP contribution in [0.3, 0.4) is 0 Å². The van der Waals surface area contributed by atoms with Crippen LogP contribution in [0.2, 0.25) is 10.0 Å². The molecule has 0 spiro atoms. The summed E-state index contributed by atoms with van der Waals surface area (Å²) in [5.41, 5.74) is 2.54. The number of hydrogen-bond donors (Lipinski definition) is 2. The fraction of sp³-hybridized carbons (Fsp3) is 0.148. The van der Waals surface area contributed by atoms with Gasteiger partial charge >= 0.3 is 5.97 Å². The number of carboxylic acid groups (broad SMARTS) is 1. The number of carbonyl (C=O) groups excluding carboxylic acids is 1. The molecule has 6 nitrogen and oxygen atoms in total. The lowest BCUT2D eigenvalue weighted by atomic mass is 9.92. The third-order valence-electron chi connectivity index (χ3n) is 5.93. The summed E-state index contributed by atoms with van der Waals surface area (Å²) in [7, 11) is 1.35. The van der Waals surface area contributed by atoms with Gasteiger partial charge in [0.1, 0.15) is 11.8 Å². The third-order valence-corrected chi connectivity index (χ3v) is 6.56. The number of amides is 1. The number of aryl methyl sites for hydroxylation is 1. The molecule has 0 saturated heterocycles. The summed E-state index contributed by atoms with van der Waals surface area (Å²) in [6.07, 6.45) is 1.44. The van der Waals surface area contributed by atoms with Gasteiger partial charge in [-0.15, -0.1) is 0 Å². The number of aromatic nitrogens is 1. The van der Waals surface area contributed by atoms with E-state index in [1.54, 1.807) is 30.5 Å². The Labute approximate surface area is 220 Å². The first kappa shape index (κ1) is 26.3. The van der Waals surface area contributed by atoms with Crippen LogP contribution in [0.15, 0.2) is 54.7 Å². The minimum Gasteiger partial charge on any atom is -0.496 e. The molecule has 0 aliphatic carbocycles. The number of nitrogens with one attached hydrogen (secondary N) is 1. The molecule has 1 unspecified atom stereocenters. The van der Waals surface area contributed by atoms with E-state index in [1.807, 2.05) is 6.92 Å². The Morgan fingerprint density at radius 3 is 2.38 bits per heavy atom. The maximum absolute atomic E-state index is 14.2. The zero-order valence-corrected chi connectivity index (χ0v) is 21.1. The van der Waals surface area contributed by atoms with Gasteiger partial charge in [-0.05, 0) is 47.9 Å². The maximum atomic E-state index is 14.2. The smallest absolute Gasteiger partial charge is 0.326 e. The molecule has 37 heavy (non-hydrogen) atoms. The van der Waals surface area contributed by atoms with E-state index >= 15 is 0 Å². The summed E-state index contributed by atoms with van der Waals surface area (Å²) >= 11 is 12.2. The number of aliphatic carboxylic acids is 1. The van der Waals surface area contributed by atoms with E-state index in [4.69, 9.17) is 27.9 Å². The summed E-state index contributed by atoms with van der Waals surface area (Å²) in [6.45, 7) is 1.82. The standard InChI is InChI=1S/C27H20Cl2F2N2O4/c1-13-8-9-32-25-14(6-7-15(23(13)25)16-11-19(30)20(31)12-22(16)37-2)10-21(27(35)36)33-26(34)24-17(28)4-3-5-18(24)29/h3-9,11-12,21H,10H2,1-2H3,(H,33,34)(H,35,36). The molecule has 4 rings (SSSR count). The van der Waals surface area contributed by atoms with Crippen molar-refractivity contribution < 1.29 is 28.2 Å². The minimum absolute atomic E-state index is 0.0308. The van der Waals surface area contributed by atoms with Crippen LogP contribution in [0, 0.1) is 18.6 Å². The Morgan fingerprint density at radius 2 is 1.73 bits per heavy atom. The fourth-order valence-corrected chi connectivity index (χ4v) is 4.72. The van der Waals surface area contributed by atoms with Crippen molar-refractivity contribution in [1.29, 1.82) is 0 Å². The number of nitrogens with zero attached hydrogens (tertiary/aromatic N) is 1. The number of pyridine rings is 1. The average Bonchev–Trinajstić information content (AvgIpc) is 2.85. The van der Waals surface area contributed by atoms with Gasteiger partial charge in [-0.1, -0.05) is 41.4 Å². The molecule has 4 aromatic rings. The number of methoxy groups -OCH3 is 1. The van der Waals surface area contributed by atoms with Gasteiger partial charge in [0.05, 0.1) is 28.2 Å². The normalized spacial score (nSPS) is 11.8. The van der Waals surface area contributed by atoms with Crippen molar-refractivity contribution in [1.82, 2.24) is 10.3 Å². The maximum Gasteiger partial charge on any atom is 0.326 e. The zero-order valence-electron chi connectivity index (χ0n) is 19.6. The SMILES string of the molecule is COc1cc(F)c(F)cc1-c1ccc(CC(NC(=O)c2c(Cl)cccc2Cl)C(=O)O)c2nccc(C)c12. The lowest BCUT2D eigenvalue weighted by molar-refractivity contribution is -0.139. The quantitative estimate of drug-likeness (QED) is 0.288. The number of carbonyl (C=O) groups is 2. The topological polar surface area (TPSA) is 88.5 Å². The molecule has 190 valence electrons. The van der Waals surface area contributed by atoms with Crippen molar-refractivity contribution in [2.45, 2.75) is 19.4 Å². The highest BCUT2D eigenvalue weighted by molar-refractivity contribution is 6.39. The molecule has 1 aromatic heterocycles. The second-order valence-electron chi connectivity index (χ2n) is 8.26. The molecule has 0 bridgehead atoms. The highest BCUT2D eigenvalue weighted by Gasteiger charge is 2.26. The van der Waals surface area contributed by atoms with Crippen molar-refractivity contribution in [2.75, 3.05) is 7.11 Å². The number of hydrogen-bond acceptors (Lipinski definition) is 4. The van der Waals surface area contributed by atoms with Crippen molar-refractivity contribution in [3.63, 3.8) is 0 Å². The summed E-state index contributed by atoms with van der Waals surface area (Å²) in [6, 6.07) is 10.2. The predicted octanol–water partition coefficient (Wildman–Crippen LogP) is 6.23. The van der Waals surface area contributed by atoms with E-state index in [2.05, 4.69) is 10.3 Å². The first-order chi connectivity index (χ1) is 17.6. The van der Waals surface area contributed by atoms with Crippen LogP contribution >= 0.6 is 23.2 Å². The fourth-order valence-electron chi connectivity index (χ4n) is 4.15. The van der Waals surface area contributed by atoms with Gasteiger partial charge in [0.2, 0.25) is 0 Å². The Bertz CT molecular complexity index is 1520. The van der Waals surface area contributed by atoms with Crippen LogP contribution in [-0.2, 0) is 11.2 Å². The molecule has 0 radical (unpaired) electrons. The number of benzene rings is 3. The van der Waals surface area contributed by atoms with E-state index < -0.39 is 29.6 Å². The summed E-state index contributed by atoms with van der Waals surface area (Å²) in [5, 5.41) is 13.1. The Hall–Kier alpha value is -3.75. The largest absolute Gasteiger partial charge is 0.496 e. The first-order valence-corrected chi connectivity index (χ1v) is 11.8. The highest BCUT2D eigenvalue weighted by atomic mass is 35.5. The van der Waals surface area contributed by atoms with Crippen molar-refractivity contribution in [3.8, 4) is 16.9 Å². The van der Waals surface area contributed by atoms with Gasteiger partial charge in [-0.3, -0.25) is 9.78 Å². The Balaban J connectivity index is 1.78. The molecule has 1 amide bonds. The van der Waals surface area contributed by atoms with E-state index in [0.29, 0.717) is 27.6 Å². The Morgan fingerprint density at radius 1 is 1.05 bits per heavy atom. The van der Waals surface area contributed by atoms with Gasteiger partial charge in [0.15, 0.2) is 11.6 Å². The number of rotatable bonds is 7. The van der Waals surface area contributed by atoms with Gasteiger partial charge < -0.3 is 15.2 Å². The molecular formula is C27H20Cl2F2N2O4. The lowest BCUT2D eigenvalue weighted by Crippen LogP contribution is -2.42. The molecule has 10 heteroatoms. The highest BCUT2D eigenvalue weighted by Crippen LogP contribution is 2.38. The van der Waals surface area contributed by atoms with Crippen molar-refractivity contribution in [3.05, 3.63) is 93.1 Å². The second kappa shape index (κ2) is 10.7. The first-order valence-electron chi connectivity index (χ1n) is 11.0. The summed E-state index contributed by atoms with van der Waals surface area (Å²) in [5.74, 6) is -3.97. The molecule has 3 aromatic carbocycles. The lowest BCUT2D eigenvalue weighted by Gasteiger charge is -2.19. The van der Waals surface area contributed by atoms with Crippen LogP contribution in [0.4, 0.5) is 8.78 Å². The van der Waals surface area contributed by atoms with Gasteiger partial charge in [0, 0.05) is 29.6 Å². The Kier molecular flexibility index (Phi) is 7.61. The average molecular weight is 545 g/mol. The van der Waals surface area contributed by atoms with Crippen LogP contribution in [0.5, 0.6) is 5.75 Å². The van der Waals surface area contributed by atoms with E-state index in [9.17, 15) is 23.5 Å². The van der Waals surface area contributed by atoms with Gasteiger partial charge in [0.25, 0.3) is 5.91 Å². The number of carboxylic acids is 1. The molecule has 0 aliphatic rings. The molecule has 0 saturated carbocycles. The van der Waals surface area contributed by atoms with E-state index in [-0.39, 0.29) is 27.8 Å². The van der Waals surface area contributed by atoms with Crippen molar-refractivity contribution in [2.24, 2.45) is 0 Å². The predicted molar refractivity (Wildman–Crippen MR) is 137 cm³/mol. The number of fused-ring (bicyclic) bond motifs is 1. The van der Waals surface area contributed by atoms with Gasteiger partial charge in [-0.25, -0.2) is 13.6 Å². The summed E-state index contributed by atoms with van der Waals surface area (Å²) < 4.78 is 33.3. The molecule has 0 fully saturated rings. The van der Waals surface area contributed by atoms with Crippen LogP contribution < -0.4 is 10.1 Å². The van der Waals surface area contributed by atoms with E-state index in [1.165, 1.54) is 19.2 Å².